The Labute approximate surface area is 192 Å². The molecule has 3 heterocycles. The van der Waals surface area contributed by atoms with Gasteiger partial charge in [-0.2, -0.15) is 5.10 Å². The summed E-state index contributed by atoms with van der Waals surface area (Å²) in [5.41, 5.74) is 6.27. The Kier molecular flexibility index (Phi) is 6.21. The lowest BCUT2D eigenvalue weighted by atomic mass is 10.2. The minimum atomic E-state index is -0.134. The largest absolute Gasteiger partial charge is 0.378 e. The molecular weight excluding hydrogens is 418 g/mol. The number of nitrogens with zero attached hydrogens (tertiary/aromatic N) is 5. The lowest BCUT2D eigenvalue weighted by Gasteiger charge is -2.28. The maximum Gasteiger partial charge on any atom is 0.271 e. The number of hydrogen-bond acceptors (Lipinski definition) is 7. The molecule has 1 aromatic carbocycles. The summed E-state index contributed by atoms with van der Waals surface area (Å²) in [6, 6.07) is 8.35. The van der Waals surface area contributed by atoms with E-state index in [1.165, 1.54) is 18.4 Å². The summed E-state index contributed by atoms with van der Waals surface area (Å²) in [5.74, 6) is 1.16. The minimum absolute atomic E-state index is 0.134. The van der Waals surface area contributed by atoms with E-state index < -0.39 is 0 Å². The topological polar surface area (TPSA) is 96.2 Å². The second kappa shape index (κ2) is 9.58. The van der Waals surface area contributed by atoms with Gasteiger partial charge in [0.25, 0.3) is 5.91 Å². The fourth-order valence-corrected chi connectivity index (χ4v) is 4.39. The number of fused-ring (bicyclic) bond motifs is 1. The van der Waals surface area contributed by atoms with Gasteiger partial charge in [-0.05, 0) is 25.3 Å². The van der Waals surface area contributed by atoms with Crippen molar-refractivity contribution in [2.24, 2.45) is 5.10 Å². The van der Waals surface area contributed by atoms with Crippen LogP contribution >= 0.6 is 0 Å². The van der Waals surface area contributed by atoms with Gasteiger partial charge < -0.3 is 15.0 Å². The van der Waals surface area contributed by atoms with Crippen LogP contribution in [-0.4, -0.2) is 58.8 Å². The van der Waals surface area contributed by atoms with Crippen LogP contribution in [-0.2, 0) is 4.74 Å². The molecule has 2 N–H and O–H groups in total. The maximum absolute atomic E-state index is 12.8. The Morgan fingerprint density at radius 2 is 2.00 bits per heavy atom. The zero-order valence-electron chi connectivity index (χ0n) is 18.8. The molecule has 1 amide bonds. The van der Waals surface area contributed by atoms with Crippen LogP contribution in [0.25, 0.3) is 5.65 Å². The van der Waals surface area contributed by atoms with Crippen LogP contribution in [0, 0.1) is 6.92 Å². The molecule has 2 aromatic heterocycles. The van der Waals surface area contributed by atoms with Gasteiger partial charge in [0.15, 0.2) is 17.3 Å². The molecule has 33 heavy (non-hydrogen) atoms. The number of benzene rings is 1. The molecular formula is C24H29N7O2. The Morgan fingerprint density at radius 1 is 1.18 bits per heavy atom. The standard InChI is InChI=1S/C24H29N7O2/c1-17-5-4-6-18(13-17)14-25-29-21-16-31-15-20(24(32)26-19-7-2-3-8-19)27-22(31)23(28-21)30-9-11-33-12-10-30/h4-6,13-16,19,29H,2-3,7-12H2,1H3,(H,26,32)/b25-14+. The van der Waals surface area contributed by atoms with Crippen molar-refractivity contribution in [1.29, 1.82) is 0 Å². The first-order valence-electron chi connectivity index (χ1n) is 11.5. The Hall–Kier alpha value is -3.46. The molecule has 9 heteroatoms. The van der Waals surface area contributed by atoms with Crippen LogP contribution in [0.5, 0.6) is 0 Å². The summed E-state index contributed by atoms with van der Waals surface area (Å²) in [7, 11) is 0. The first-order valence-corrected chi connectivity index (χ1v) is 11.5. The second-order valence-corrected chi connectivity index (χ2v) is 8.65. The number of nitrogens with one attached hydrogen (secondary N) is 2. The number of imidazole rings is 1. The molecule has 0 radical (unpaired) electrons. The molecule has 2 aliphatic rings. The van der Waals surface area contributed by atoms with E-state index in [1.807, 2.05) is 35.7 Å². The predicted octanol–water partition coefficient (Wildman–Crippen LogP) is 2.99. The average molecular weight is 448 g/mol. The summed E-state index contributed by atoms with van der Waals surface area (Å²) in [4.78, 5) is 24.4. The zero-order chi connectivity index (χ0) is 22.6. The molecule has 1 saturated carbocycles. The zero-order valence-corrected chi connectivity index (χ0v) is 18.8. The van der Waals surface area contributed by atoms with Gasteiger partial charge >= 0.3 is 0 Å². The molecule has 1 saturated heterocycles. The summed E-state index contributed by atoms with van der Waals surface area (Å²) >= 11 is 0. The highest BCUT2D eigenvalue weighted by molar-refractivity contribution is 5.93. The molecule has 9 nitrogen and oxygen atoms in total. The second-order valence-electron chi connectivity index (χ2n) is 8.65. The fraction of sp³-hybridized carbons (Fsp3) is 0.417. The van der Waals surface area contributed by atoms with Gasteiger partial charge in [-0.15, -0.1) is 0 Å². The maximum atomic E-state index is 12.8. The van der Waals surface area contributed by atoms with Gasteiger partial charge in [0.1, 0.15) is 5.69 Å². The normalized spacial score (nSPS) is 17.2. The van der Waals surface area contributed by atoms with E-state index in [0.29, 0.717) is 36.2 Å². The predicted molar refractivity (Wildman–Crippen MR) is 128 cm³/mol. The van der Waals surface area contributed by atoms with E-state index in [-0.39, 0.29) is 11.9 Å². The minimum Gasteiger partial charge on any atom is -0.378 e. The first kappa shape index (κ1) is 21.4. The number of amides is 1. The van der Waals surface area contributed by atoms with E-state index in [1.54, 1.807) is 12.4 Å². The van der Waals surface area contributed by atoms with Crippen molar-refractivity contribution in [2.75, 3.05) is 36.6 Å². The molecule has 172 valence electrons. The van der Waals surface area contributed by atoms with Crippen molar-refractivity contribution in [3.8, 4) is 0 Å². The lowest BCUT2D eigenvalue weighted by molar-refractivity contribution is 0.0933. The molecule has 1 aliphatic carbocycles. The van der Waals surface area contributed by atoms with E-state index in [9.17, 15) is 4.79 Å². The number of hydrogen-bond donors (Lipinski definition) is 2. The molecule has 0 unspecified atom stereocenters. The Bertz CT molecular complexity index is 1160. The third-order valence-electron chi connectivity index (χ3n) is 6.09. The number of hydrazone groups is 1. The van der Waals surface area contributed by atoms with Crippen LogP contribution in [0.4, 0.5) is 11.6 Å². The van der Waals surface area contributed by atoms with Crippen molar-refractivity contribution in [1.82, 2.24) is 19.7 Å². The molecule has 2 fully saturated rings. The van der Waals surface area contributed by atoms with Crippen molar-refractivity contribution >= 4 is 29.4 Å². The van der Waals surface area contributed by atoms with E-state index in [2.05, 4.69) is 31.8 Å². The van der Waals surface area contributed by atoms with E-state index in [0.717, 1.165) is 31.5 Å². The van der Waals surface area contributed by atoms with Crippen LogP contribution in [0.2, 0.25) is 0 Å². The Balaban J connectivity index is 1.43. The van der Waals surface area contributed by atoms with Crippen molar-refractivity contribution in [3.05, 3.63) is 53.5 Å². The number of anilines is 2. The number of carbonyl (C=O) groups excluding carboxylic acids is 1. The SMILES string of the molecule is Cc1cccc(/C=N/Nc2cn3cc(C(=O)NC4CCCC4)nc3c(N3CCOCC3)n2)c1. The monoisotopic (exact) mass is 447 g/mol. The average Bonchev–Trinajstić information content (AvgIpc) is 3.49. The van der Waals surface area contributed by atoms with Crippen molar-refractivity contribution in [2.45, 2.75) is 38.6 Å². The van der Waals surface area contributed by atoms with Gasteiger partial charge in [-0.25, -0.2) is 9.97 Å². The quantitative estimate of drug-likeness (QED) is 0.446. The third kappa shape index (κ3) is 4.98. The molecule has 0 spiro atoms. The number of carbonyl (C=O) groups is 1. The fourth-order valence-electron chi connectivity index (χ4n) is 4.39. The number of aryl methyl sites for hydroxylation is 1. The van der Waals surface area contributed by atoms with Gasteiger partial charge in [-0.1, -0.05) is 42.7 Å². The first-order chi connectivity index (χ1) is 16.2. The summed E-state index contributed by atoms with van der Waals surface area (Å²) in [6.07, 6.45) is 9.74. The number of rotatable bonds is 6. The highest BCUT2D eigenvalue weighted by Crippen LogP contribution is 2.24. The molecule has 0 atom stereocenters. The number of morpholine rings is 1. The van der Waals surface area contributed by atoms with Crippen molar-refractivity contribution < 1.29 is 9.53 Å². The highest BCUT2D eigenvalue weighted by atomic mass is 16.5. The van der Waals surface area contributed by atoms with Crippen LogP contribution in [0.15, 0.2) is 41.8 Å². The summed E-state index contributed by atoms with van der Waals surface area (Å²) in [5, 5.41) is 7.48. The van der Waals surface area contributed by atoms with Crippen molar-refractivity contribution in [3.63, 3.8) is 0 Å². The smallest absolute Gasteiger partial charge is 0.271 e. The molecule has 3 aromatic rings. The summed E-state index contributed by atoms with van der Waals surface area (Å²) in [6.45, 7) is 4.75. The van der Waals surface area contributed by atoms with Gasteiger partial charge in [0, 0.05) is 25.3 Å². The number of ether oxygens (including phenoxy) is 1. The third-order valence-corrected chi connectivity index (χ3v) is 6.09. The van der Waals surface area contributed by atoms with Gasteiger partial charge in [-0.3, -0.25) is 14.6 Å². The lowest BCUT2D eigenvalue weighted by Crippen LogP contribution is -2.37. The van der Waals surface area contributed by atoms with E-state index in [4.69, 9.17) is 9.72 Å². The number of aromatic nitrogens is 3. The molecule has 0 bridgehead atoms. The Morgan fingerprint density at radius 3 is 2.79 bits per heavy atom. The van der Waals surface area contributed by atoms with Gasteiger partial charge in [0.05, 0.1) is 25.6 Å². The van der Waals surface area contributed by atoms with Crippen LogP contribution in [0.1, 0.15) is 47.3 Å². The molecule has 5 rings (SSSR count). The van der Waals surface area contributed by atoms with Gasteiger partial charge in [0.2, 0.25) is 0 Å². The summed E-state index contributed by atoms with van der Waals surface area (Å²) < 4.78 is 7.36. The van der Waals surface area contributed by atoms with Crippen LogP contribution in [0.3, 0.4) is 0 Å². The van der Waals surface area contributed by atoms with Crippen LogP contribution < -0.4 is 15.6 Å². The van der Waals surface area contributed by atoms with E-state index >= 15 is 0 Å². The molecule has 1 aliphatic heterocycles. The highest BCUT2D eigenvalue weighted by Gasteiger charge is 2.23.